The second kappa shape index (κ2) is 14.1. The fraction of sp³-hybridized carbons (Fsp3) is 0.0357. The largest absolute Gasteiger partial charge is 0.456 e. The van der Waals surface area contributed by atoms with Crippen LogP contribution in [0.1, 0.15) is 12.0 Å². The van der Waals surface area contributed by atoms with Crippen LogP contribution in [0.15, 0.2) is 212 Å². The zero-order chi connectivity index (χ0) is 40.4. The standard InChI is InChI=1S/C56H37FN2O2/c57-50-29-24-42(33-49(50)37-13-4-1-5-14-37)59(40-18-8-3-9-19-40)44-23-26-46-48-28-30-51-55-47(27-31-52(56(48)55)61-54(46)35-44)45-25-22-43(34-53(45)60-51)58(39-16-6-2-7-17-39)41-21-20-36-12-10-11-15-38(36)32-41/h1-28,30-35,50H,29H2. The van der Waals surface area contributed by atoms with Crippen molar-refractivity contribution in [3.8, 4) is 45.3 Å². The number of allylic oxidation sites excluding steroid dienone is 3. The molecule has 0 saturated carbocycles. The molecule has 0 N–H and O–H groups in total. The van der Waals surface area contributed by atoms with Crippen LogP contribution in [0.4, 0.5) is 32.8 Å². The normalized spacial score (nSPS) is 14.5. The van der Waals surface area contributed by atoms with Gasteiger partial charge in [-0.2, -0.15) is 0 Å². The fourth-order valence-corrected chi connectivity index (χ4v) is 9.28. The van der Waals surface area contributed by atoms with Gasteiger partial charge in [-0.05, 0) is 124 Å². The van der Waals surface area contributed by atoms with Gasteiger partial charge in [0, 0.05) is 74.6 Å². The van der Waals surface area contributed by atoms with Gasteiger partial charge in [0.1, 0.15) is 29.2 Å². The summed E-state index contributed by atoms with van der Waals surface area (Å²) in [5.41, 5.74) is 11.8. The highest BCUT2D eigenvalue weighted by Crippen LogP contribution is 2.56. The second-order valence-corrected chi connectivity index (χ2v) is 15.7. The molecule has 9 aromatic carbocycles. The Morgan fingerprint density at radius 1 is 0.410 bits per heavy atom. The van der Waals surface area contributed by atoms with Crippen molar-refractivity contribution in [1.82, 2.24) is 0 Å². The van der Waals surface area contributed by atoms with Crippen molar-refractivity contribution >= 4 is 55.6 Å². The van der Waals surface area contributed by atoms with E-state index in [1.807, 2.05) is 66.7 Å². The maximum Gasteiger partial charge on any atom is 0.137 e. The van der Waals surface area contributed by atoms with Crippen molar-refractivity contribution < 1.29 is 13.9 Å². The van der Waals surface area contributed by atoms with Crippen molar-refractivity contribution in [3.05, 3.63) is 218 Å². The number of fused-ring (bicyclic) bond motifs is 5. The van der Waals surface area contributed by atoms with E-state index >= 15 is 4.39 Å². The van der Waals surface area contributed by atoms with Gasteiger partial charge >= 0.3 is 0 Å². The van der Waals surface area contributed by atoms with Crippen LogP contribution in [-0.4, -0.2) is 6.17 Å². The maximum absolute atomic E-state index is 15.5. The van der Waals surface area contributed by atoms with Crippen molar-refractivity contribution in [2.24, 2.45) is 0 Å². The minimum Gasteiger partial charge on any atom is -0.456 e. The number of para-hydroxylation sites is 2. The minimum absolute atomic E-state index is 0.295. The topological polar surface area (TPSA) is 24.9 Å². The lowest BCUT2D eigenvalue weighted by Gasteiger charge is -2.31. The number of halogens is 1. The summed E-state index contributed by atoms with van der Waals surface area (Å²) in [4.78, 5) is 4.47. The minimum atomic E-state index is -1.08. The van der Waals surface area contributed by atoms with Gasteiger partial charge in [-0.25, -0.2) is 4.39 Å². The Kier molecular flexibility index (Phi) is 8.13. The summed E-state index contributed by atoms with van der Waals surface area (Å²) in [6.45, 7) is 0. The highest BCUT2D eigenvalue weighted by Gasteiger charge is 2.30. The summed E-state index contributed by atoms with van der Waals surface area (Å²) in [6.07, 6.45) is 3.19. The van der Waals surface area contributed by atoms with Gasteiger partial charge in [0.15, 0.2) is 0 Å². The SMILES string of the molecule is FC1CC=C(N(c2ccccc2)c2ccc3c(c2)Oc2ccc4c5c(ccc-3c25)Oc2cc(N(c3ccccc3)c3ccc5ccccc5c3)ccc2-4)C=C1c1ccccc1. The molecule has 0 saturated heterocycles. The van der Waals surface area contributed by atoms with Crippen LogP contribution in [0.5, 0.6) is 23.0 Å². The van der Waals surface area contributed by atoms with Gasteiger partial charge in [0.05, 0.1) is 0 Å². The van der Waals surface area contributed by atoms with Gasteiger partial charge in [-0.1, -0.05) is 103 Å². The van der Waals surface area contributed by atoms with Crippen molar-refractivity contribution in [2.75, 3.05) is 9.80 Å². The predicted molar refractivity (Wildman–Crippen MR) is 248 cm³/mol. The molecule has 9 aromatic rings. The number of nitrogens with zero attached hydrogens (tertiary/aromatic N) is 2. The summed E-state index contributed by atoms with van der Waals surface area (Å²) in [5.74, 6) is 3.15. The van der Waals surface area contributed by atoms with Crippen molar-refractivity contribution in [1.29, 1.82) is 0 Å². The molecule has 0 bridgehead atoms. The molecule has 1 aliphatic carbocycles. The van der Waals surface area contributed by atoms with Crippen molar-refractivity contribution in [3.63, 3.8) is 0 Å². The highest BCUT2D eigenvalue weighted by molar-refractivity contribution is 6.14. The summed E-state index contributed by atoms with van der Waals surface area (Å²) in [7, 11) is 0. The summed E-state index contributed by atoms with van der Waals surface area (Å²) in [5, 5.41) is 4.46. The molecule has 0 spiro atoms. The summed E-state index contributed by atoms with van der Waals surface area (Å²) in [6, 6.07) is 67.0. The quantitative estimate of drug-likeness (QED) is 0.161. The molecule has 0 amide bonds. The van der Waals surface area contributed by atoms with Crippen LogP contribution in [0.25, 0.3) is 49.4 Å². The molecule has 5 heteroatoms. The molecule has 61 heavy (non-hydrogen) atoms. The molecule has 1 atom stereocenters. The third kappa shape index (κ3) is 5.89. The number of anilines is 5. The van der Waals surface area contributed by atoms with E-state index in [1.165, 1.54) is 10.8 Å². The summed E-state index contributed by atoms with van der Waals surface area (Å²) < 4.78 is 29.1. The van der Waals surface area contributed by atoms with Gasteiger partial charge < -0.3 is 19.3 Å². The van der Waals surface area contributed by atoms with E-state index in [0.717, 1.165) is 95.7 Å². The Labute approximate surface area is 353 Å². The van der Waals surface area contributed by atoms with E-state index in [0.29, 0.717) is 12.0 Å². The zero-order valence-electron chi connectivity index (χ0n) is 33.0. The van der Waals surface area contributed by atoms with Crippen LogP contribution in [0.2, 0.25) is 0 Å². The first-order valence-corrected chi connectivity index (χ1v) is 20.7. The highest BCUT2D eigenvalue weighted by atomic mass is 19.1. The molecule has 1 unspecified atom stereocenters. The lowest BCUT2D eigenvalue weighted by atomic mass is 9.88. The molecule has 0 radical (unpaired) electrons. The first-order chi connectivity index (χ1) is 30.1. The van der Waals surface area contributed by atoms with E-state index in [-0.39, 0.29) is 0 Å². The average molecular weight is 789 g/mol. The molecule has 2 heterocycles. The van der Waals surface area contributed by atoms with E-state index in [2.05, 4.69) is 149 Å². The molecule has 12 rings (SSSR count). The van der Waals surface area contributed by atoms with Crippen molar-refractivity contribution in [2.45, 2.75) is 12.6 Å². The van der Waals surface area contributed by atoms with E-state index in [1.54, 1.807) is 0 Å². The first kappa shape index (κ1) is 35.1. The molecule has 0 aromatic heterocycles. The van der Waals surface area contributed by atoms with Gasteiger partial charge in [0.25, 0.3) is 0 Å². The zero-order valence-corrected chi connectivity index (χ0v) is 33.0. The van der Waals surface area contributed by atoms with E-state index in [9.17, 15) is 0 Å². The molecule has 2 aliphatic heterocycles. The first-order valence-electron chi connectivity index (χ1n) is 20.7. The molecular formula is C56H37FN2O2. The van der Waals surface area contributed by atoms with Crippen LogP contribution in [0.3, 0.4) is 0 Å². The monoisotopic (exact) mass is 788 g/mol. The average Bonchev–Trinajstić information content (AvgIpc) is 3.32. The number of hydrogen-bond acceptors (Lipinski definition) is 4. The maximum atomic E-state index is 15.5. The van der Waals surface area contributed by atoms with Gasteiger partial charge in [0.2, 0.25) is 0 Å². The Morgan fingerprint density at radius 3 is 1.52 bits per heavy atom. The Balaban J connectivity index is 0.933. The third-order valence-corrected chi connectivity index (χ3v) is 12.1. The number of alkyl halides is 1. The molecule has 4 nitrogen and oxygen atoms in total. The van der Waals surface area contributed by atoms with Gasteiger partial charge in [-0.15, -0.1) is 0 Å². The number of benzene rings is 9. The predicted octanol–water partition coefficient (Wildman–Crippen LogP) is 15.9. The lowest BCUT2D eigenvalue weighted by Crippen LogP contribution is -2.19. The smallest absolute Gasteiger partial charge is 0.137 e. The van der Waals surface area contributed by atoms with Crippen LogP contribution in [0, 0.1) is 0 Å². The summed E-state index contributed by atoms with van der Waals surface area (Å²) >= 11 is 0. The van der Waals surface area contributed by atoms with Crippen LogP contribution < -0.4 is 19.3 Å². The Morgan fingerprint density at radius 2 is 0.902 bits per heavy atom. The second-order valence-electron chi connectivity index (χ2n) is 15.7. The molecular weight excluding hydrogens is 752 g/mol. The lowest BCUT2D eigenvalue weighted by molar-refractivity contribution is 0.412. The Bertz CT molecular complexity index is 3250. The number of ether oxygens (including phenoxy) is 2. The van der Waals surface area contributed by atoms with Crippen LogP contribution >= 0.6 is 0 Å². The van der Waals surface area contributed by atoms with Crippen LogP contribution in [-0.2, 0) is 0 Å². The van der Waals surface area contributed by atoms with E-state index < -0.39 is 6.17 Å². The van der Waals surface area contributed by atoms with Gasteiger partial charge in [-0.3, -0.25) is 0 Å². The third-order valence-electron chi connectivity index (χ3n) is 12.1. The fourth-order valence-electron chi connectivity index (χ4n) is 9.28. The Hall–Kier alpha value is -7.89. The molecule has 0 fully saturated rings. The molecule has 290 valence electrons. The number of rotatable bonds is 7. The van der Waals surface area contributed by atoms with E-state index in [4.69, 9.17) is 9.47 Å². The number of hydrogen-bond donors (Lipinski definition) is 0. The molecule has 3 aliphatic rings.